The van der Waals surface area contributed by atoms with E-state index in [-0.39, 0.29) is 5.91 Å². The average molecular weight is 326 g/mol. The van der Waals surface area contributed by atoms with Gasteiger partial charge in [0.1, 0.15) is 5.82 Å². The molecule has 1 amide bonds. The van der Waals surface area contributed by atoms with Crippen LogP contribution in [0.25, 0.3) is 0 Å². The van der Waals surface area contributed by atoms with Crippen LogP contribution >= 0.6 is 0 Å². The summed E-state index contributed by atoms with van der Waals surface area (Å²) in [5.74, 6) is 0.646. The van der Waals surface area contributed by atoms with Crippen molar-refractivity contribution >= 4 is 17.4 Å². The second kappa shape index (κ2) is 8.45. The predicted molar refractivity (Wildman–Crippen MR) is 99.8 cm³/mol. The molecule has 0 saturated carbocycles. The van der Waals surface area contributed by atoms with Crippen LogP contribution in [0.3, 0.4) is 0 Å². The Bertz CT molecular complexity index is 680. The molecule has 24 heavy (non-hydrogen) atoms. The highest BCUT2D eigenvalue weighted by atomic mass is 16.1. The monoisotopic (exact) mass is 326 g/mol. The molecular formula is C19H26N4O. The molecule has 0 aliphatic rings. The van der Waals surface area contributed by atoms with Crippen molar-refractivity contribution in [1.29, 1.82) is 0 Å². The van der Waals surface area contributed by atoms with Crippen molar-refractivity contribution < 1.29 is 4.79 Å². The number of carbonyl (C=O) groups is 1. The fourth-order valence-corrected chi connectivity index (χ4v) is 2.33. The van der Waals surface area contributed by atoms with Crippen molar-refractivity contribution in [3.8, 4) is 0 Å². The van der Waals surface area contributed by atoms with Crippen LogP contribution in [0.1, 0.15) is 27.9 Å². The first-order valence-electron chi connectivity index (χ1n) is 8.19. The van der Waals surface area contributed by atoms with Crippen LogP contribution in [0.5, 0.6) is 0 Å². The Labute approximate surface area is 144 Å². The van der Waals surface area contributed by atoms with Gasteiger partial charge < -0.3 is 15.5 Å². The number of amides is 1. The van der Waals surface area contributed by atoms with Crippen LogP contribution in [-0.4, -0.2) is 43.0 Å². The van der Waals surface area contributed by atoms with E-state index >= 15 is 0 Å². The zero-order valence-corrected chi connectivity index (χ0v) is 14.9. The standard InChI is InChI=1S/C19H26N4O/c1-14-7-5-8-17(15(14)2)22-19(24)16-9-10-18(21-13-16)20-11-6-12-23(3)4/h5,7-10,13H,6,11-12H2,1-4H3,(H,20,21)(H,22,24). The van der Waals surface area contributed by atoms with Crippen molar-refractivity contribution in [3.63, 3.8) is 0 Å². The smallest absolute Gasteiger partial charge is 0.257 e. The van der Waals surface area contributed by atoms with Gasteiger partial charge >= 0.3 is 0 Å². The van der Waals surface area contributed by atoms with Crippen molar-refractivity contribution in [3.05, 3.63) is 53.2 Å². The zero-order valence-electron chi connectivity index (χ0n) is 14.9. The van der Waals surface area contributed by atoms with E-state index in [0.717, 1.165) is 42.1 Å². The van der Waals surface area contributed by atoms with Gasteiger partial charge in [0.2, 0.25) is 0 Å². The molecule has 5 nitrogen and oxygen atoms in total. The van der Waals surface area contributed by atoms with Gasteiger partial charge in [0.25, 0.3) is 5.91 Å². The number of nitrogens with one attached hydrogen (secondary N) is 2. The molecule has 5 heteroatoms. The Morgan fingerprint density at radius 3 is 2.62 bits per heavy atom. The van der Waals surface area contributed by atoms with Crippen LogP contribution in [0.2, 0.25) is 0 Å². The molecule has 0 radical (unpaired) electrons. The fourth-order valence-electron chi connectivity index (χ4n) is 2.33. The van der Waals surface area contributed by atoms with Gasteiger partial charge in [-0.1, -0.05) is 12.1 Å². The van der Waals surface area contributed by atoms with Crippen LogP contribution < -0.4 is 10.6 Å². The first-order chi connectivity index (χ1) is 11.5. The number of aryl methyl sites for hydroxylation is 1. The summed E-state index contributed by atoms with van der Waals surface area (Å²) in [6, 6.07) is 9.52. The van der Waals surface area contributed by atoms with E-state index < -0.39 is 0 Å². The van der Waals surface area contributed by atoms with Crippen molar-refractivity contribution in [2.24, 2.45) is 0 Å². The Kier molecular flexibility index (Phi) is 6.32. The molecule has 0 unspecified atom stereocenters. The van der Waals surface area contributed by atoms with Gasteiger partial charge in [-0.2, -0.15) is 0 Å². The van der Waals surface area contributed by atoms with Crippen LogP contribution in [0.4, 0.5) is 11.5 Å². The topological polar surface area (TPSA) is 57.3 Å². The summed E-state index contributed by atoms with van der Waals surface area (Å²) in [7, 11) is 4.11. The van der Waals surface area contributed by atoms with Gasteiger partial charge in [-0.15, -0.1) is 0 Å². The summed E-state index contributed by atoms with van der Waals surface area (Å²) in [5.41, 5.74) is 3.63. The first kappa shape index (κ1) is 17.9. The molecule has 0 spiro atoms. The Morgan fingerprint density at radius 2 is 1.96 bits per heavy atom. The lowest BCUT2D eigenvalue weighted by molar-refractivity contribution is 0.102. The van der Waals surface area contributed by atoms with Crippen molar-refractivity contribution in [1.82, 2.24) is 9.88 Å². The Balaban J connectivity index is 1.92. The van der Waals surface area contributed by atoms with Gasteiger partial charge in [0, 0.05) is 18.4 Å². The molecule has 1 aromatic carbocycles. The van der Waals surface area contributed by atoms with Crippen LogP contribution in [0.15, 0.2) is 36.5 Å². The minimum atomic E-state index is -0.143. The van der Waals surface area contributed by atoms with Gasteiger partial charge in [-0.05, 0) is 70.2 Å². The molecule has 0 fully saturated rings. The molecule has 1 aromatic heterocycles. The van der Waals surface area contributed by atoms with Crippen LogP contribution in [-0.2, 0) is 0 Å². The molecule has 2 N–H and O–H groups in total. The summed E-state index contributed by atoms with van der Waals surface area (Å²) in [6.07, 6.45) is 2.65. The normalized spacial score (nSPS) is 10.7. The second-order valence-corrected chi connectivity index (χ2v) is 6.22. The number of hydrogen-bond donors (Lipinski definition) is 2. The molecule has 0 bridgehead atoms. The average Bonchev–Trinajstić information content (AvgIpc) is 2.56. The number of rotatable bonds is 7. The molecule has 0 aliphatic heterocycles. The van der Waals surface area contributed by atoms with E-state index in [0.29, 0.717) is 5.56 Å². The van der Waals surface area contributed by atoms with E-state index in [4.69, 9.17) is 0 Å². The molecule has 1 heterocycles. The van der Waals surface area contributed by atoms with E-state index in [2.05, 4.69) is 34.6 Å². The van der Waals surface area contributed by atoms with Crippen molar-refractivity contribution in [2.75, 3.05) is 37.8 Å². The summed E-state index contributed by atoms with van der Waals surface area (Å²) < 4.78 is 0. The lowest BCUT2D eigenvalue weighted by Gasteiger charge is -2.11. The Morgan fingerprint density at radius 1 is 1.17 bits per heavy atom. The largest absolute Gasteiger partial charge is 0.370 e. The molecule has 2 aromatic rings. The zero-order chi connectivity index (χ0) is 17.5. The molecule has 0 atom stereocenters. The number of benzene rings is 1. The third-order valence-corrected chi connectivity index (χ3v) is 3.97. The first-order valence-corrected chi connectivity index (χ1v) is 8.19. The van der Waals surface area contributed by atoms with Gasteiger partial charge in [-0.3, -0.25) is 4.79 Å². The van der Waals surface area contributed by atoms with Crippen molar-refractivity contribution in [2.45, 2.75) is 20.3 Å². The summed E-state index contributed by atoms with van der Waals surface area (Å²) in [6.45, 7) is 5.93. The fraction of sp³-hybridized carbons (Fsp3) is 0.368. The molecule has 0 saturated heterocycles. The number of nitrogens with zero attached hydrogens (tertiary/aromatic N) is 2. The van der Waals surface area contributed by atoms with E-state index in [1.54, 1.807) is 12.3 Å². The van der Waals surface area contributed by atoms with Gasteiger partial charge in [0.05, 0.1) is 5.56 Å². The van der Waals surface area contributed by atoms with E-state index in [1.807, 2.05) is 38.1 Å². The number of anilines is 2. The maximum atomic E-state index is 12.3. The highest BCUT2D eigenvalue weighted by Gasteiger charge is 2.09. The lowest BCUT2D eigenvalue weighted by Crippen LogP contribution is -2.17. The minimum Gasteiger partial charge on any atom is -0.370 e. The third kappa shape index (κ3) is 5.06. The summed E-state index contributed by atoms with van der Waals surface area (Å²) >= 11 is 0. The predicted octanol–water partition coefficient (Wildman–Crippen LogP) is 3.31. The minimum absolute atomic E-state index is 0.143. The summed E-state index contributed by atoms with van der Waals surface area (Å²) in [4.78, 5) is 18.8. The maximum Gasteiger partial charge on any atom is 0.257 e. The molecular weight excluding hydrogens is 300 g/mol. The number of hydrogen-bond acceptors (Lipinski definition) is 4. The Hall–Kier alpha value is -2.40. The molecule has 0 aliphatic carbocycles. The second-order valence-electron chi connectivity index (χ2n) is 6.22. The number of pyridine rings is 1. The highest BCUT2D eigenvalue weighted by molar-refractivity contribution is 6.04. The number of aromatic nitrogens is 1. The summed E-state index contributed by atoms with van der Waals surface area (Å²) in [5, 5.41) is 6.21. The van der Waals surface area contributed by atoms with E-state index in [1.165, 1.54) is 0 Å². The molecule has 2 rings (SSSR count). The van der Waals surface area contributed by atoms with E-state index in [9.17, 15) is 4.79 Å². The molecule has 128 valence electrons. The lowest BCUT2D eigenvalue weighted by atomic mass is 10.1. The quantitative estimate of drug-likeness (QED) is 0.767. The maximum absolute atomic E-state index is 12.3. The van der Waals surface area contributed by atoms with Crippen LogP contribution in [0, 0.1) is 13.8 Å². The number of carbonyl (C=O) groups excluding carboxylic acids is 1. The highest BCUT2D eigenvalue weighted by Crippen LogP contribution is 2.19. The third-order valence-electron chi connectivity index (χ3n) is 3.97. The SMILES string of the molecule is Cc1cccc(NC(=O)c2ccc(NCCCN(C)C)nc2)c1C. The van der Waals surface area contributed by atoms with Gasteiger partial charge in [0.15, 0.2) is 0 Å². The van der Waals surface area contributed by atoms with Gasteiger partial charge in [-0.25, -0.2) is 4.98 Å².